The third-order valence-electron chi connectivity index (χ3n) is 3.20. The number of amides is 1. The lowest BCUT2D eigenvalue weighted by Gasteiger charge is -2.28. The van der Waals surface area contributed by atoms with Crippen LogP contribution < -0.4 is 0 Å². The first-order valence-electron chi connectivity index (χ1n) is 5.62. The lowest BCUT2D eigenvalue weighted by molar-refractivity contribution is -0.149. The fourth-order valence-electron chi connectivity index (χ4n) is 1.98. The van der Waals surface area contributed by atoms with E-state index < -0.39 is 34.0 Å². The molecule has 0 aliphatic carbocycles. The fraction of sp³-hybridized carbons (Fsp3) is 0.800. The summed E-state index contributed by atoms with van der Waals surface area (Å²) in [4.78, 5) is 24.0. The molecule has 7 nitrogen and oxygen atoms in total. The monoisotopic (exact) mass is 278 g/mol. The molecule has 0 aromatic heterocycles. The number of nitrogens with zero attached hydrogens (tertiary/aromatic N) is 2. The van der Waals surface area contributed by atoms with E-state index >= 15 is 0 Å². The maximum atomic E-state index is 12.1. The summed E-state index contributed by atoms with van der Waals surface area (Å²) in [6, 6.07) is -1.74. The molecule has 1 rings (SSSR count). The van der Waals surface area contributed by atoms with Gasteiger partial charge in [-0.3, -0.25) is 4.79 Å². The molecule has 1 aliphatic heterocycles. The predicted molar refractivity (Wildman–Crippen MR) is 64.4 cm³/mol. The van der Waals surface area contributed by atoms with Crippen molar-refractivity contribution in [2.24, 2.45) is 0 Å². The Balaban J connectivity index is 2.87. The number of likely N-dealkylation sites (N-methyl/N-ethyl adjacent to an activating group) is 1. The van der Waals surface area contributed by atoms with E-state index in [1.807, 2.05) is 0 Å². The molecule has 0 bridgehead atoms. The molecule has 0 aromatic rings. The summed E-state index contributed by atoms with van der Waals surface area (Å²) >= 11 is 0. The van der Waals surface area contributed by atoms with Crippen molar-refractivity contribution in [1.29, 1.82) is 0 Å². The van der Waals surface area contributed by atoms with E-state index in [0.717, 1.165) is 15.5 Å². The van der Waals surface area contributed by atoms with Gasteiger partial charge in [-0.05, 0) is 19.8 Å². The molecule has 1 amide bonds. The normalized spacial score (nSPS) is 22.7. The Morgan fingerprint density at radius 2 is 2.00 bits per heavy atom. The zero-order valence-electron chi connectivity index (χ0n) is 10.7. The minimum Gasteiger partial charge on any atom is -0.480 e. The molecule has 1 aliphatic rings. The number of hydrogen-bond donors (Lipinski definition) is 1. The van der Waals surface area contributed by atoms with Crippen molar-refractivity contribution in [1.82, 2.24) is 9.21 Å². The summed E-state index contributed by atoms with van der Waals surface area (Å²) in [5.41, 5.74) is 0. The molecular formula is C10H18N2O5S. The van der Waals surface area contributed by atoms with Gasteiger partial charge in [-0.1, -0.05) is 0 Å². The standard InChI is InChI=1S/C10H18N2O5S/c1-7(10(14)15)11(2)9(13)8-5-4-6-12(8)18(3,16)17/h7-8H,4-6H2,1-3H3,(H,14,15). The molecule has 2 atom stereocenters. The highest BCUT2D eigenvalue weighted by molar-refractivity contribution is 7.88. The largest absolute Gasteiger partial charge is 0.480 e. The van der Waals surface area contributed by atoms with Gasteiger partial charge in [0, 0.05) is 13.6 Å². The van der Waals surface area contributed by atoms with E-state index in [-0.39, 0.29) is 0 Å². The molecule has 1 saturated heterocycles. The number of carboxylic acid groups (broad SMARTS) is 1. The smallest absolute Gasteiger partial charge is 0.326 e. The second-order valence-electron chi connectivity index (χ2n) is 4.50. The summed E-state index contributed by atoms with van der Waals surface area (Å²) in [5, 5.41) is 8.84. The third kappa shape index (κ3) is 2.99. The average Bonchev–Trinajstić information content (AvgIpc) is 2.74. The van der Waals surface area contributed by atoms with Crippen molar-refractivity contribution in [2.75, 3.05) is 19.8 Å². The Labute approximate surface area is 106 Å². The maximum Gasteiger partial charge on any atom is 0.326 e. The van der Waals surface area contributed by atoms with E-state index in [1.165, 1.54) is 14.0 Å². The number of rotatable bonds is 4. The van der Waals surface area contributed by atoms with Gasteiger partial charge in [-0.15, -0.1) is 0 Å². The highest BCUT2D eigenvalue weighted by atomic mass is 32.2. The van der Waals surface area contributed by atoms with Crippen LogP contribution in [0.2, 0.25) is 0 Å². The number of aliphatic carboxylic acids is 1. The van der Waals surface area contributed by atoms with Crippen molar-refractivity contribution >= 4 is 21.9 Å². The molecular weight excluding hydrogens is 260 g/mol. The van der Waals surface area contributed by atoms with Gasteiger partial charge in [0.15, 0.2) is 0 Å². The SMILES string of the molecule is CC(C(=O)O)N(C)C(=O)C1CCCN1S(C)(=O)=O. The van der Waals surface area contributed by atoms with Crippen LogP contribution in [0.1, 0.15) is 19.8 Å². The van der Waals surface area contributed by atoms with Gasteiger partial charge in [-0.2, -0.15) is 4.31 Å². The van der Waals surface area contributed by atoms with Crippen molar-refractivity contribution in [2.45, 2.75) is 31.8 Å². The van der Waals surface area contributed by atoms with Crippen LogP contribution in [0.5, 0.6) is 0 Å². The van der Waals surface area contributed by atoms with E-state index in [1.54, 1.807) is 0 Å². The molecule has 1 N–H and O–H groups in total. The number of carbonyl (C=O) groups excluding carboxylic acids is 1. The van der Waals surface area contributed by atoms with Crippen LogP contribution in [0.25, 0.3) is 0 Å². The summed E-state index contributed by atoms with van der Waals surface area (Å²) in [5.74, 6) is -1.58. The molecule has 2 unspecified atom stereocenters. The molecule has 0 spiro atoms. The van der Waals surface area contributed by atoms with Crippen LogP contribution >= 0.6 is 0 Å². The van der Waals surface area contributed by atoms with E-state index in [0.29, 0.717) is 19.4 Å². The fourth-order valence-corrected chi connectivity index (χ4v) is 3.09. The first-order chi connectivity index (χ1) is 8.16. The van der Waals surface area contributed by atoms with Gasteiger partial charge in [0.2, 0.25) is 15.9 Å². The maximum absolute atomic E-state index is 12.1. The Morgan fingerprint density at radius 3 is 2.44 bits per heavy atom. The van der Waals surface area contributed by atoms with Crippen molar-refractivity contribution in [3.8, 4) is 0 Å². The number of carbonyl (C=O) groups is 2. The van der Waals surface area contributed by atoms with Gasteiger partial charge in [0.05, 0.1) is 6.26 Å². The third-order valence-corrected chi connectivity index (χ3v) is 4.49. The average molecular weight is 278 g/mol. The summed E-state index contributed by atoms with van der Waals surface area (Å²) in [7, 11) is -2.06. The van der Waals surface area contributed by atoms with Gasteiger partial charge < -0.3 is 10.0 Å². The number of sulfonamides is 1. The van der Waals surface area contributed by atoms with Crippen LogP contribution in [0.3, 0.4) is 0 Å². The Morgan fingerprint density at radius 1 is 1.44 bits per heavy atom. The molecule has 18 heavy (non-hydrogen) atoms. The first kappa shape index (κ1) is 14.9. The Kier molecular flexibility index (Phi) is 4.33. The number of hydrogen-bond acceptors (Lipinski definition) is 4. The molecule has 8 heteroatoms. The summed E-state index contributed by atoms with van der Waals surface area (Å²) in [6.45, 7) is 1.70. The first-order valence-corrected chi connectivity index (χ1v) is 7.47. The van der Waals surface area contributed by atoms with E-state index in [2.05, 4.69) is 0 Å². The summed E-state index contributed by atoms with van der Waals surface area (Å²) < 4.78 is 24.2. The molecule has 104 valence electrons. The molecule has 1 fully saturated rings. The van der Waals surface area contributed by atoms with Gasteiger partial charge in [-0.25, -0.2) is 13.2 Å². The molecule has 1 heterocycles. The van der Waals surface area contributed by atoms with E-state index in [4.69, 9.17) is 5.11 Å². The van der Waals surface area contributed by atoms with Crippen LogP contribution in [0, 0.1) is 0 Å². The zero-order chi connectivity index (χ0) is 14.1. The highest BCUT2D eigenvalue weighted by Gasteiger charge is 2.39. The minimum absolute atomic E-state index is 0.310. The van der Waals surface area contributed by atoms with Crippen LogP contribution in [0.15, 0.2) is 0 Å². The summed E-state index contributed by atoms with van der Waals surface area (Å²) in [6.07, 6.45) is 2.10. The Hall–Kier alpha value is -1.15. The quantitative estimate of drug-likeness (QED) is 0.736. The van der Waals surface area contributed by atoms with Crippen LogP contribution in [-0.4, -0.2) is 66.5 Å². The minimum atomic E-state index is -3.44. The topological polar surface area (TPSA) is 95.0 Å². The predicted octanol–water partition coefficient (Wildman–Crippen LogP) is -0.658. The second-order valence-corrected chi connectivity index (χ2v) is 6.43. The molecule has 0 aromatic carbocycles. The second kappa shape index (κ2) is 5.23. The van der Waals surface area contributed by atoms with Crippen molar-refractivity contribution in [3.05, 3.63) is 0 Å². The highest BCUT2D eigenvalue weighted by Crippen LogP contribution is 2.22. The zero-order valence-corrected chi connectivity index (χ0v) is 11.5. The van der Waals surface area contributed by atoms with Gasteiger partial charge in [0.25, 0.3) is 0 Å². The lowest BCUT2D eigenvalue weighted by atomic mass is 10.2. The van der Waals surface area contributed by atoms with Gasteiger partial charge >= 0.3 is 5.97 Å². The van der Waals surface area contributed by atoms with Crippen molar-refractivity contribution < 1.29 is 23.1 Å². The van der Waals surface area contributed by atoms with Crippen LogP contribution in [-0.2, 0) is 19.6 Å². The Bertz CT molecular complexity index is 447. The number of carboxylic acids is 1. The lowest BCUT2D eigenvalue weighted by Crippen LogP contribution is -2.50. The van der Waals surface area contributed by atoms with Gasteiger partial charge in [0.1, 0.15) is 12.1 Å². The van der Waals surface area contributed by atoms with Crippen molar-refractivity contribution in [3.63, 3.8) is 0 Å². The van der Waals surface area contributed by atoms with Crippen LogP contribution in [0.4, 0.5) is 0 Å². The van der Waals surface area contributed by atoms with E-state index in [9.17, 15) is 18.0 Å². The molecule has 0 saturated carbocycles. The molecule has 0 radical (unpaired) electrons.